The Morgan fingerprint density at radius 3 is 2.52 bits per heavy atom. The van der Waals surface area contributed by atoms with E-state index in [0.717, 1.165) is 11.3 Å². The summed E-state index contributed by atoms with van der Waals surface area (Å²) in [5.41, 5.74) is 2.66. The van der Waals surface area contributed by atoms with Crippen LogP contribution in [0.3, 0.4) is 0 Å². The van der Waals surface area contributed by atoms with Gasteiger partial charge in [-0.2, -0.15) is 0 Å². The molecule has 0 aliphatic rings. The fraction of sp³-hybridized carbons (Fsp3) is 0.250. The summed E-state index contributed by atoms with van der Waals surface area (Å²) in [5.74, 6) is 0.781. The molecule has 110 valence electrons. The molecule has 0 amide bonds. The van der Waals surface area contributed by atoms with E-state index in [1.807, 2.05) is 38.1 Å². The van der Waals surface area contributed by atoms with Crippen molar-refractivity contribution < 1.29 is 9.66 Å². The van der Waals surface area contributed by atoms with E-state index in [1.165, 1.54) is 11.6 Å². The molecule has 5 heteroatoms. The Labute approximate surface area is 123 Å². The van der Waals surface area contributed by atoms with Crippen LogP contribution in [0.25, 0.3) is 0 Å². The minimum atomic E-state index is -0.386. The lowest BCUT2D eigenvalue weighted by Gasteiger charge is -2.09. The molecule has 5 nitrogen and oxygen atoms in total. The van der Waals surface area contributed by atoms with Gasteiger partial charge in [0.05, 0.1) is 4.92 Å². The Balaban J connectivity index is 2.11. The number of nitro groups is 1. The Morgan fingerprint density at radius 1 is 1.19 bits per heavy atom. The zero-order valence-electron chi connectivity index (χ0n) is 12.1. The molecule has 0 saturated heterocycles. The van der Waals surface area contributed by atoms with Gasteiger partial charge in [0.25, 0.3) is 5.69 Å². The number of anilines is 1. The van der Waals surface area contributed by atoms with Crippen molar-refractivity contribution in [2.45, 2.75) is 20.5 Å². The van der Waals surface area contributed by atoms with Gasteiger partial charge in [-0.15, -0.1) is 0 Å². The summed E-state index contributed by atoms with van der Waals surface area (Å²) in [6.07, 6.45) is 0. The van der Waals surface area contributed by atoms with Gasteiger partial charge in [-0.3, -0.25) is 10.1 Å². The largest absolute Gasteiger partial charge is 0.489 e. The predicted molar refractivity (Wildman–Crippen MR) is 82.8 cm³/mol. The number of hydrogen-bond acceptors (Lipinski definition) is 4. The van der Waals surface area contributed by atoms with E-state index in [2.05, 4.69) is 5.32 Å². The van der Waals surface area contributed by atoms with E-state index < -0.39 is 0 Å². The van der Waals surface area contributed by atoms with Crippen molar-refractivity contribution in [3.8, 4) is 5.75 Å². The SMILES string of the molecule is CCNc1cc(COc2ccc(C)cc2)ccc1[N+](=O)[O-]. The predicted octanol–water partition coefficient (Wildman–Crippen LogP) is 3.91. The van der Waals surface area contributed by atoms with Crippen molar-refractivity contribution in [3.63, 3.8) is 0 Å². The molecule has 0 spiro atoms. The molecule has 0 heterocycles. The maximum atomic E-state index is 11.0. The average Bonchev–Trinajstić information content (AvgIpc) is 2.47. The van der Waals surface area contributed by atoms with Crippen LogP contribution in [0, 0.1) is 17.0 Å². The molecule has 0 bridgehead atoms. The Hall–Kier alpha value is -2.56. The van der Waals surface area contributed by atoms with E-state index in [0.29, 0.717) is 18.8 Å². The summed E-state index contributed by atoms with van der Waals surface area (Å²) in [6, 6.07) is 12.8. The van der Waals surface area contributed by atoms with Crippen LogP contribution in [0.2, 0.25) is 0 Å². The van der Waals surface area contributed by atoms with Crippen molar-refractivity contribution in [2.24, 2.45) is 0 Å². The van der Waals surface area contributed by atoms with Gasteiger partial charge in [0.1, 0.15) is 18.0 Å². The molecule has 0 aliphatic carbocycles. The number of hydrogen-bond donors (Lipinski definition) is 1. The molecule has 0 radical (unpaired) electrons. The highest BCUT2D eigenvalue weighted by Gasteiger charge is 2.13. The van der Waals surface area contributed by atoms with Gasteiger partial charge in [-0.25, -0.2) is 0 Å². The van der Waals surface area contributed by atoms with Gasteiger partial charge in [-0.1, -0.05) is 17.7 Å². The third-order valence-corrected chi connectivity index (χ3v) is 3.05. The Morgan fingerprint density at radius 2 is 1.90 bits per heavy atom. The zero-order chi connectivity index (χ0) is 15.2. The molecule has 21 heavy (non-hydrogen) atoms. The first-order chi connectivity index (χ1) is 10.1. The Bertz CT molecular complexity index is 624. The van der Waals surface area contributed by atoms with Gasteiger partial charge in [-0.05, 0) is 43.7 Å². The molecule has 2 rings (SSSR count). The van der Waals surface area contributed by atoms with Gasteiger partial charge in [0.2, 0.25) is 0 Å². The molecule has 0 aromatic heterocycles. The third kappa shape index (κ3) is 3.95. The van der Waals surface area contributed by atoms with Crippen molar-refractivity contribution in [2.75, 3.05) is 11.9 Å². The molecule has 0 aliphatic heterocycles. The van der Waals surface area contributed by atoms with Crippen molar-refractivity contribution in [1.82, 2.24) is 0 Å². The second-order valence-electron chi connectivity index (χ2n) is 4.74. The number of aryl methyl sites for hydroxylation is 1. The first kappa shape index (κ1) is 14.8. The molecule has 2 aromatic carbocycles. The monoisotopic (exact) mass is 286 g/mol. The molecular formula is C16H18N2O3. The topological polar surface area (TPSA) is 64.4 Å². The first-order valence-electron chi connectivity index (χ1n) is 6.81. The summed E-state index contributed by atoms with van der Waals surface area (Å²) in [4.78, 5) is 10.6. The Kier molecular flexibility index (Phi) is 4.77. The first-order valence-corrected chi connectivity index (χ1v) is 6.81. The summed E-state index contributed by atoms with van der Waals surface area (Å²) < 4.78 is 5.68. The molecule has 0 fully saturated rings. The average molecular weight is 286 g/mol. The lowest BCUT2D eigenvalue weighted by atomic mass is 10.2. The summed E-state index contributed by atoms with van der Waals surface area (Å²) >= 11 is 0. The maximum Gasteiger partial charge on any atom is 0.292 e. The number of ether oxygens (including phenoxy) is 1. The lowest BCUT2D eigenvalue weighted by molar-refractivity contribution is -0.384. The van der Waals surface area contributed by atoms with Gasteiger partial charge >= 0.3 is 0 Å². The highest BCUT2D eigenvalue weighted by atomic mass is 16.6. The quantitative estimate of drug-likeness (QED) is 0.646. The van der Waals surface area contributed by atoms with Crippen LogP contribution in [0.1, 0.15) is 18.1 Å². The molecule has 2 aromatic rings. The van der Waals surface area contributed by atoms with E-state index in [-0.39, 0.29) is 10.6 Å². The van der Waals surface area contributed by atoms with E-state index >= 15 is 0 Å². The third-order valence-electron chi connectivity index (χ3n) is 3.05. The summed E-state index contributed by atoms with van der Waals surface area (Å²) in [5, 5.41) is 14.0. The molecule has 0 atom stereocenters. The van der Waals surface area contributed by atoms with Crippen LogP contribution in [-0.4, -0.2) is 11.5 Å². The van der Waals surface area contributed by atoms with Gasteiger partial charge in [0.15, 0.2) is 0 Å². The molecule has 1 N–H and O–H groups in total. The highest BCUT2D eigenvalue weighted by molar-refractivity contribution is 5.62. The number of rotatable bonds is 6. The minimum absolute atomic E-state index is 0.0796. The summed E-state index contributed by atoms with van der Waals surface area (Å²) in [7, 11) is 0. The fourth-order valence-electron chi connectivity index (χ4n) is 1.97. The zero-order valence-corrected chi connectivity index (χ0v) is 12.1. The van der Waals surface area contributed by atoms with Crippen molar-refractivity contribution in [1.29, 1.82) is 0 Å². The second kappa shape index (κ2) is 6.74. The van der Waals surface area contributed by atoms with Crippen LogP contribution < -0.4 is 10.1 Å². The summed E-state index contributed by atoms with van der Waals surface area (Å²) in [6.45, 7) is 4.92. The normalized spacial score (nSPS) is 10.2. The van der Waals surface area contributed by atoms with E-state index in [1.54, 1.807) is 12.1 Å². The van der Waals surface area contributed by atoms with Crippen LogP contribution in [0.15, 0.2) is 42.5 Å². The number of benzene rings is 2. The maximum absolute atomic E-state index is 11.0. The lowest BCUT2D eigenvalue weighted by Crippen LogP contribution is -2.03. The minimum Gasteiger partial charge on any atom is -0.489 e. The fourth-order valence-corrected chi connectivity index (χ4v) is 1.97. The van der Waals surface area contributed by atoms with Crippen LogP contribution in [0.4, 0.5) is 11.4 Å². The van der Waals surface area contributed by atoms with Crippen LogP contribution in [-0.2, 0) is 6.61 Å². The highest BCUT2D eigenvalue weighted by Crippen LogP contribution is 2.26. The van der Waals surface area contributed by atoms with Crippen molar-refractivity contribution in [3.05, 3.63) is 63.7 Å². The molecular weight excluding hydrogens is 268 g/mol. The van der Waals surface area contributed by atoms with Gasteiger partial charge in [0, 0.05) is 12.6 Å². The molecule has 0 unspecified atom stereocenters. The van der Waals surface area contributed by atoms with Crippen LogP contribution in [0.5, 0.6) is 5.75 Å². The number of nitro benzene ring substituents is 1. The second-order valence-corrected chi connectivity index (χ2v) is 4.74. The van der Waals surface area contributed by atoms with Crippen molar-refractivity contribution >= 4 is 11.4 Å². The van der Waals surface area contributed by atoms with E-state index in [4.69, 9.17) is 4.74 Å². The standard InChI is InChI=1S/C16H18N2O3/c1-3-17-15-10-13(6-9-16(15)18(19)20)11-21-14-7-4-12(2)5-8-14/h4-10,17H,3,11H2,1-2H3. The number of nitrogens with one attached hydrogen (secondary N) is 1. The number of nitrogens with zero attached hydrogens (tertiary/aromatic N) is 1. The van der Waals surface area contributed by atoms with E-state index in [9.17, 15) is 10.1 Å². The van der Waals surface area contributed by atoms with Gasteiger partial charge < -0.3 is 10.1 Å². The van der Waals surface area contributed by atoms with Crippen LogP contribution >= 0.6 is 0 Å². The molecule has 0 saturated carbocycles. The smallest absolute Gasteiger partial charge is 0.292 e.